The molecule has 2 aromatic carbocycles. The van der Waals surface area contributed by atoms with Gasteiger partial charge in [0, 0.05) is 50.0 Å². The second-order valence-corrected chi connectivity index (χ2v) is 10.5. The number of benzene rings is 2. The SMILES string of the molecule is Cc1ccc(C2(c3ccc(N4CCc5cnc(N6CCN(C)CC6)nc5C4)cc3)CCC2)cc1. The third kappa shape index (κ3) is 3.86. The van der Waals surface area contributed by atoms with Gasteiger partial charge in [0.05, 0.1) is 12.2 Å². The molecule has 2 fully saturated rings. The van der Waals surface area contributed by atoms with Crippen molar-refractivity contribution in [2.45, 2.75) is 44.6 Å². The predicted octanol–water partition coefficient (Wildman–Crippen LogP) is 4.57. The van der Waals surface area contributed by atoms with Crippen molar-refractivity contribution in [3.05, 3.63) is 82.7 Å². The Hall–Kier alpha value is -2.92. The lowest BCUT2D eigenvalue weighted by Crippen LogP contribution is -2.45. The molecule has 1 saturated heterocycles. The van der Waals surface area contributed by atoms with E-state index in [1.54, 1.807) is 0 Å². The highest BCUT2D eigenvalue weighted by molar-refractivity contribution is 5.53. The topological polar surface area (TPSA) is 35.5 Å². The summed E-state index contributed by atoms with van der Waals surface area (Å²) < 4.78 is 0. The molecule has 5 heteroatoms. The third-order valence-electron chi connectivity index (χ3n) is 8.32. The Balaban J connectivity index is 1.20. The predicted molar refractivity (Wildman–Crippen MR) is 139 cm³/mol. The normalized spacial score (nSPS) is 20.1. The standard InChI is InChI=1S/C29H35N5/c1-22-4-6-24(7-5-22)29(13-3-14-29)25-8-10-26(11-9-25)34-15-12-23-20-30-28(31-27(23)21-34)33-18-16-32(2)17-19-33/h4-11,20H,3,12-19,21H2,1-2H3. The van der Waals surface area contributed by atoms with Crippen LogP contribution in [0.15, 0.2) is 54.7 Å². The molecule has 1 saturated carbocycles. The van der Waals surface area contributed by atoms with Crippen LogP contribution in [0.1, 0.15) is 47.2 Å². The van der Waals surface area contributed by atoms with Crippen molar-refractivity contribution < 1.29 is 0 Å². The van der Waals surface area contributed by atoms with E-state index in [1.807, 2.05) is 0 Å². The molecule has 3 heterocycles. The van der Waals surface area contributed by atoms with Crippen LogP contribution in [-0.4, -0.2) is 54.6 Å². The van der Waals surface area contributed by atoms with Crippen molar-refractivity contribution in [3.63, 3.8) is 0 Å². The summed E-state index contributed by atoms with van der Waals surface area (Å²) in [7, 11) is 2.18. The second-order valence-electron chi connectivity index (χ2n) is 10.5. The van der Waals surface area contributed by atoms with Crippen LogP contribution in [0, 0.1) is 6.92 Å². The van der Waals surface area contributed by atoms with E-state index < -0.39 is 0 Å². The molecule has 0 radical (unpaired) electrons. The molecule has 5 nitrogen and oxygen atoms in total. The minimum atomic E-state index is 0.200. The first kappa shape index (κ1) is 21.6. The van der Waals surface area contributed by atoms with Crippen molar-refractivity contribution in [1.29, 1.82) is 0 Å². The van der Waals surface area contributed by atoms with Crippen molar-refractivity contribution in [1.82, 2.24) is 14.9 Å². The largest absolute Gasteiger partial charge is 0.365 e. The lowest BCUT2D eigenvalue weighted by atomic mass is 9.60. The van der Waals surface area contributed by atoms with Crippen LogP contribution in [0.5, 0.6) is 0 Å². The Kier molecular flexibility index (Phi) is 5.53. The van der Waals surface area contributed by atoms with E-state index in [0.717, 1.165) is 51.6 Å². The van der Waals surface area contributed by atoms with E-state index >= 15 is 0 Å². The molecule has 0 amide bonds. The summed E-state index contributed by atoms with van der Waals surface area (Å²) in [6, 6.07) is 18.6. The number of hydrogen-bond donors (Lipinski definition) is 0. The molecule has 3 aliphatic rings. The van der Waals surface area contributed by atoms with Crippen LogP contribution >= 0.6 is 0 Å². The fraction of sp³-hybridized carbons (Fsp3) is 0.448. The van der Waals surface area contributed by atoms with Crippen molar-refractivity contribution in [2.24, 2.45) is 0 Å². The van der Waals surface area contributed by atoms with E-state index in [9.17, 15) is 0 Å². The zero-order valence-electron chi connectivity index (χ0n) is 20.5. The average molecular weight is 454 g/mol. The number of aryl methyl sites for hydroxylation is 1. The highest BCUT2D eigenvalue weighted by atomic mass is 15.3. The number of hydrogen-bond acceptors (Lipinski definition) is 5. The molecule has 176 valence electrons. The van der Waals surface area contributed by atoms with E-state index in [1.165, 1.54) is 52.9 Å². The van der Waals surface area contributed by atoms with E-state index in [-0.39, 0.29) is 5.41 Å². The maximum absolute atomic E-state index is 5.02. The van der Waals surface area contributed by atoms with Gasteiger partial charge in [0.1, 0.15) is 0 Å². The first-order valence-corrected chi connectivity index (χ1v) is 12.8. The number of fused-ring (bicyclic) bond motifs is 1. The number of anilines is 2. The maximum atomic E-state index is 5.02. The van der Waals surface area contributed by atoms with E-state index in [4.69, 9.17) is 9.97 Å². The molecule has 0 N–H and O–H groups in total. The van der Waals surface area contributed by atoms with E-state index in [2.05, 4.69) is 83.4 Å². The Morgan fingerprint density at radius 1 is 0.794 bits per heavy atom. The van der Waals surface area contributed by atoms with Crippen molar-refractivity contribution >= 4 is 11.6 Å². The van der Waals surface area contributed by atoms with Crippen LogP contribution in [0.25, 0.3) is 0 Å². The molecule has 1 aromatic heterocycles. The van der Waals surface area contributed by atoms with Crippen LogP contribution in [0.3, 0.4) is 0 Å². The summed E-state index contributed by atoms with van der Waals surface area (Å²) >= 11 is 0. The zero-order valence-corrected chi connectivity index (χ0v) is 20.5. The Labute approximate surface area is 203 Å². The van der Waals surface area contributed by atoms with Gasteiger partial charge in [-0.2, -0.15) is 0 Å². The van der Waals surface area contributed by atoms with Crippen LogP contribution in [0.4, 0.5) is 11.6 Å². The number of nitrogens with zero attached hydrogens (tertiary/aromatic N) is 5. The highest BCUT2D eigenvalue weighted by Crippen LogP contribution is 2.49. The lowest BCUT2D eigenvalue weighted by molar-refractivity contribution is 0.301. The monoisotopic (exact) mass is 453 g/mol. The first-order chi connectivity index (χ1) is 16.6. The van der Waals surface area contributed by atoms with Gasteiger partial charge in [0.2, 0.25) is 5.95 Å². The highest BCUT2D eigenvalue weighted by Gasteiger charge is 2.40. The first-order valence-electron chi connectivity index (χ1n) is 12.8. The minimum absolute atomic E-state index is 0.200. The molecule has 0 spiro atoms. The lowest BCUT2D eigenvalue weighted by Gasteiger charge is -2.43. The fourth-order valence-electron chi connectivity index (χ4n) is 5.81. The average Bonchev–Trinajstić information content (AvgIpc) is 2.85. The van der Waals surface area contributed by atoms with Crippen LogP contribution in [0.2, 0.25) is 0 Å². The minimum Gasteiger partial charge on any atom is -0.365 e. The van der Waals surface area contributed by atoms with Gasteiger partial charge in [-0.1, -0.05) is 48.4 Å². The molecular formula is C29H35N5. The van der Waals surface area contributed by atoms with Gasteiger partial charge in [-0.05, 0) is 62.1 Å². The number of likely N-dealkylation sites (N-methyl/N-ethyl adjacent to an activating group) is 1. The molecule has 0 unspecified atom stereocenters. The molecular weight excluding hydrogens is 418 g/mol. The quantitative estimate of drug-likeness (QED) is 0.578. The molecule has 6 rings (SSSR count). The summed E-state index contributed by atoms with van der Waals surface area (Å²) in [6.07, 6.45) is 6.89. The van der Waals surface area contributed by atoms with Crippen molar-refractivity contribution in [3.8, 4) is 0 Å². The fourth-order valence-corrected chi connectivity index (χ4v) is 5.81. The number of piperazine rings is 1. The molecule has 1 aliphatic carbocycles. The Morgan fingerprint density at radius 2 is 1.47 bits per heavy atom. The number of aromatic nitrogens is 2. The van der Waals surface area contributed by atoms with Gasteiger partial charge in [0.25, 0.3) is 0 Å². The molecule has 2 aliphatic heterocycles. The van der Waals surface area contributed by atoms with Crippen molar-refractivity contribution in [2.75, 3.05) is 49.6 Å². The molecule has 0 atom stereocenters. The van der Waals surface area contributed by atoms with Crippen LogP contribution < -0.4 is 9.80 Å². The molecule has 0 bridgehead atoms. The Morgan fingerprint density at radius 3 is 2.12 bits per heavy atom. The Bertz CT molecular complexity index is 1140. The van der Waals surface area contributed by atoms with Gasteiger partial charge >= 0.3 is 0 Å². The molecule has 34 heavy (non-hydrogen) atoms. The summed E-state index contributed by atoms with van der Waals surface area (Å²) in [5, 5.41) is 0. The van der Waals surface area contributed by atoms with Gasteiger partial charge in [-0.3, -0.25) is 0 Å². The molecule has 3 aromatic rings. The number of rotatable bonds is 4. The van der Waals surface area contributed by atoms with Crippen LogP contribution in [-0.2, 0) is 18.4 Å². The second kappa shape index (κ2) is 8.70. The maximum Gasteiger partial charge on any atom is 0.225 e. The van der Waals surface area contributed by atoms with Gasteiger partial charge in [-0.25, -0.2) is 9.97 Å². The smallest absolute Gasteiger partial charge is 0.225 e. The third-order valence-corrected chi connectivity index (χ3v) is 8.32. The summed E-state index contributed by atoms with van der Waals surface area (Å²) in [5.74, 6) is 0.897. The van der Waals surface area contributed by atoms with Gasteiger partial charge < -0.3 is 14.7 Å². The summed E-state index contributed by atoms with van der Waals surface area (Å²) in [6.45, 7) is 8.20. The zero-order chi connectivity index (χ0) is 23.1. The van der Waals surface area contributed by atoms with Gasteiger partial charge in [-0.15, -0.1) is 0 Å². The summed E-state index contributed by atoms with van der Waals surface area (Å²) in [4.78, 5) is 16.9. The summed E-state index contributed by atoms with van der Waals surface area (Å²) in [5.41, 5.74) is 8.25. The van der Waals surface area contributed by atoms with Gasteiger partial charge in [0.15, 0.2) is 0 Å². The van der Waals surface area contributed by atoms with E-state index in [0.29, 0.717) is 0 Å².